The van der Waals surface area contributed by atoms with Crippen LogP contribution in [0.1, 0.15) is 31.2 Å². The first-order valence-electron chi connectivity index (χ1n) is 10.0. The molecule has 0 spiro atoms. The largest absolute Gasteiger partial charge is 0.381 e. The maximum Gasteiger partial charge on any atom is 0.0476 e. The van der Waals surface area contributed by atoms with E-state index in [1.165, 1.54) is 73.3 Å². The van der Waals surface area contributed by atoms with Crippen LogP contribution in [0.4, 0.5) is 0 Å². The van der Waals surface area contributed by atoms with Crippen molar-refractivity contribution in [2.75, 3.05) is 32.8 Å². The Bertz CT molecular complexity index is 670. The van der Waals surface area contributed by atoms with E-state index in [0.717, 1.165) is 13.2 Å². The Hall–Kier alpha value is -1.29. The van der Waals surface area contributed by atoms with Gasteiger partial charge < -0.3 is 9.64 Å². The van der Waals surface area contributed by atoms with E-state index < -0.39 is 0 Å². The fourth-order valence-electron chi connectivity index (χ4n) is 3.87. The standard InChI is InChI=1S/C23H29NOS/c1-2-15-24(14-1)16-11-19-3-5-20(6-4-19)21-7-9-22(10-8-21)26-23-12-17-25-18-13-23/h3-10,23H,1-2,11-18H2. The van der Waals surface area contributed by atoms with E-state index in [-0.39, 0.29) is 0 Å². The van der Waals surface area contributed by atoms with Gasteiger partial charge in [0.25, 0.3) is 0 Å². The molecule has 0 radical (unpaired) electrons. The van der Waals surface area contributed by atoms with E-state index in [4.69, 9.17) is 4.74 Å². The van der Waals surface area contributed by atoms with Crippen LogP contribution < -0.4 is 0 Å². The molecule has 0 bridgehead atoms. The van der Waals surface area contributed by atoms with Crippen molar-refractivity contribution < 1.29 is 4.74 Å². The van der Waals surface area contributed by atoms with Crippen LogP contribution in [0, 0.1) is 0 Å². The van der Waals surface area contributed by atoms with Crippen LogP contribution in [0.5, 0.6) is 0 Å². The lowest BCUT2D eigenvalue weighted by atomic mass is 10.0. The van der Waals surface area contributed by atoms with Gasteiger partial charge in [-0.2, -0.15) is 0 Å². The van der Waals surface area contributed by atoms with Crippen molar-refractivity contribution in [1.82, 2.24) is 4.90 Å². The maximum absolute atomic E-state index is 5.45. The number of ether oxygens (including phenoxy) is 1. The summed E-state index contributed by atoms with van der Waals surface area (Å²) in [4.78, 5) is 3.96. The van der Waals surface area contributed by atoms with E-state index in [0.29, 0.717) is 5.25 Å². The Kier molecular flexibility index (Phi) is 6.31. The molecule has 2 nitrogen and oxygen atoms in total. The summed E-state index contributed by atoms with van der Waals surface area (Å²) in [5.74, 6) is 0. The Morgan fingerprint density at radius 3 is 2.12 bits per heavy atom. The SMILES string of the molecule is c1cc(-c2ccc(SC3CCOCC3)cc2)ccc1CCN1CCCC1. The zero-order valence-corrected chi connectivity index (χ0v) is 16.3. The van der Waals surface area contributed by atoms with Crippen LogP contribution in [0.25, 0.3) is 11.1 Å². The zero-order valence-electron chi connectivity index (χ0n) is 15.5. The molecule has 0 aliphatic carbocycles. The summed E-state index contributed by atoms with van der Waals surface area (Å²) in [5.41, 5.74) is 4.08. The highest BCUT2D eigenvalue weighted by atomic mass is 32.2. The molecule has 26 heavy (non-hydrogen) atoms. The second-order valence-corrected chi connectivity index (χ2v) is 8.82. The van der Waals surface area contributed by atoms with Gasteiger partial charge >= 0.3 is 0 Å². The lowest BCUT2D eigenvalue weighted by Crippen LogP contribution is -2.21. The van der Waals surface area contributed by atoms with Gasteiger partial charge in [-0.3, -0.25) is 0 Å². The van der Waals surface area contributed by atoms with E-state index >= 15 is 0 Å². The lowest BCUT2D eigenvalue weighted by molar-refractivity contribution is 0.100. The summed E-state index contributed by atoms with van der Waals surface area (Å²) in [6, 6.07) is 18.2. The topological polar surface area (TPSA) is 12.5 Å². The van der Waals surface area contributed by atoms with E-state index in [1.807, 2.05) is 11.8 Å². The average Bonchev–Trinajstić information content (AvgIpc) is 3.22. The van der Waals surface area contributed by atoms with E-state index in [1.54, 1.807) is 0 Å². The third kappa shape index (κ3) is 4.91. The molecule has 2 aliphatic heterocycles. The molecular formula is C23H29NOS. The number of nitrogens with zero attached hydrogens (tertiary/aromatic N) is 1. The molecule has 2 aliphatic rings. The highest BCUT2D eigenvalue weighted by Crippen LogP contribution is 2.31. The van der Waals surface area contributed by atoms with Gasteiger partial charge in [0.05, 0.1) is 0 Å². The fourth-order valence-corrected chi connectivity index (χ4v) is 4.98. The number of likely N-dealkylation sites (tertiary alicyclic amines) is 1. The first kappa shape index (κ1) is 18.1. The zero-order chi connectivity index (χ0) is 17.6. The van der Waals surface area contributed by atoms with Gasteiger partial charge in [-0.25, -0.2) is 0 Å². The Morgan fingerprint density at radius 1 is 0.846 bits per heavy atom. The molecule has 0 saturated carbocycles. The summed E-state index contributed by atoms with van der Waals surface area (Å²) in [7, 11) is 0. The molecule has 2 aromatic carbocycles. The Balaban J connectivity index is 1.33. The molecule has 0 amide bonds. The van der Waals surface area contributed by atoms with E-state index in [2.05, 4.69) is 53.4 Å². The molecular weight excluding hydrogens is 338 g/mol. The minimum absolute atomic E-state index is 0.712. The smallest absolute Gasteiger partial charge is 0.0476 e. The molecule has 2 heterocycles. The fraction of sp³-hybridized carbons (Fsp3) is 0.478. The Morgan fingerprint density at radius 2 is 1.46 bits per heavy atom. The molecule has 3 heteroatoms. The summed E-state index contributed by atoms with van der Waals surface area (Å²) in [6.07, 6.45) is 6.26. The molecule has 0 aromatic heterocycles. The highest BCUT2D eigenvalue weighted by molar-refractivity contribution is 8.00. The van der Waals surface area contributed by atoms with Crippen molar-refractivity contribution in [2.24, 2.45) is 0 Å². The van der Waals surface area contributed by atoms with Gasteiger partial charge in [0.15, 0.2) is 0 Å². The van der Waals surface area contributed by atoms with Crippen LogP contribution in [-0.2, 0) is 11.2 Å². The van der Waals surface area contributed by atoms with Crippen molar-refractivity contribution in [3.63, 3.8) is 0 Å². The summed E-state index contributed by atoms with van der Waals surface area (Å²) in [6.45, 7) is 5.61. The predicted molar refractivity (Wildman–Crippen MR) is 111 cm³/mol. The second kappa shape index (κ2) is 9.07. The van der Waals surface area contributed by atoms with Crippen molar-refractivity contribution in [3.8, 4) is 11.1 Å². The van der Waals surface area contributed by atoms with Crippen LogP contribution >= 0.6 is 11.8 Å². The summed E-state index contributed by atoms with van der Waals surface area (Å²) >= 11 is 2.00. The van der Waals surface area contributed by atoms with Gasteiger partial charge in [0, 0.05) is 29.9 Å². The Labute approximate surface area is 161 Å². The lowest BCUT2D eigenvalue weighted by Gasteiger charge is -2.21. The highest BCUT2D eigenvalue weighted by Gasteiger charge is 2.15. The van der Waals surface area contributed by atoms with Gasteiger partial charge in [-0.05, 0) is 74.0 Å². The van der Waals surface area contributed by atoms with Crippen molar-refractivity contribution in [2.45, 2.75) is 42.2 Å². The summed E-state index contributed by atoms with van der Waals surface area (Å²) in [5, 5.41) is 0.712. The minimum Gasteiger partial charge on any atom is -0.381 e. The molecule has 0 N–H and O–H groups in total. The number of benzene rings is 2. The molecule has 2 fully saturated rings. The third-order valence-corrected chi connectivity index (χ3v) is 6.88. The number of rotatable bonds is 6. The van der Waals surface area contributed by atoms with Crippen molar-refractivity contribution in [1.29, 1.82) is 0 Å². The molecule has 4 rings (SSSR count). The van der Waals surface area contributed by atoms with Gasteiger partial charge in [0.2, 0.25) is 0 Å². The van der Waals surface area contributed by atoms with E-state index in [9.17, 15) is 0 Å². The molecule has 2 saturated heterocycles. The number of hydrogen-bond acceptors (Lipinski definition) is 3. The van der Waals surface area contributed by atoms with Gasteiger partial charge in [-0.1, -0.05) is 36.4 Å². The van der Waals surface area contributed by atoms with Crippen LogP contribution in [-0.4, -0.2) is 43.0 Å². The molecule has 2 aromatic rings. The minimum atomic E-state index is 0.712. The quantitative estimate of drug-likeness (QED) is 0.691. The first-order valence-corrected chi connectivity index (χ1v) is 10.9. The predicted octanol–water partition coefficient (Wildman–Crippen LogP) is 5.26. The molecule has 0 unspecified atom stereocenters. The average molecular weight is 368 g/mol. The first-order chi connectivity index (χ1) is 12.9. The van der Waals surface area contributed by atoms with Crippen molar-refractivity contribution in [3.05, 3.63) is 54.1 Å². The monoisotopic (exact) mass is 367 g/mol. The van der Waals surface area contributed by atoms with Crippen LogP contribution in [0.3, 0.4) is 0 Å². The van der Waals surface area contributed by atoms with Crippen LogP contribution in [0.15, 0.2) is 53.4 Å². The second-order valence-electron chi connectivity index (χ2n) is 7.45. The maximum atomic E-state index is 5.45. The molecule has 0 atom stereocenters. The van der Waals surface area contributed by atoms with Gasteiger partial charge in [-0.15, -0.1) is 11.8 Å². The number of thioether (sulfide) groups is 1. The van der Waals surface area contributed by atoms with Gasteiger partial charge in [0.1, 0.15) is 0 Å². The summed E-state index contributed by atoms with van der Waals surface area (Å²) < 4.78 is 5.45. The van der Waals surface area contributed by atoms with Crippen LogP contribution in [0.2, 0.25) is 0 Å². The number of hydrogen-bond donors (Lipinski definition) is 0. The van der Waals surface area contributed by atoms with Crippen molar-refractivity contribution >= 4 is 11.8 Å². The normalized spacial score (nSPS) is 19.1. The molecule has 138 valence electrons. The third-order valence-electron chi connectivity index (χ3n) is 5.53.